The lowest BCUT2D eigenvalue weighted by Gasteiger charge is -2.40. The SMILES string of the molecule is COC(=O)c1cc(OC(C)=O)c2c(c1)OC(OC)(c1ccc(OC)c(OC(C)=O)c1)C(Br)C2=O. The summed E-state index contributed by atoms with van der Waals surface area (Å²) >= 11 is 3.35. The summed E-state index contributed by atoms with van der Waals surface area (Å²) in [7, 11) is 3.91. The summed E-state index contributed by atoms with van der Waals surface area (Å²) in [5, 5.41) is 0. The van der Waals surface area contributed by atoms with E-state index in [4.69, 9.17) is 28.4 Å². The van der Waals surface area contributed by atoms with Crippen molar-refractivity contribution in [3.8, 4) is 23.0 Å². The molecule has 0 fully saturated rings. The molecule has 0 radical (unpaired) electrons. The van der Waals surface area contributed by atoms with Gasteiger partial charge in [0.05, 0.1) is 19.8 Å². The Balaban J connectivity index is 2.23. The van der Waals surface area contributed by atoms with E-state index < -0.39 is 34.3 Å². The lowest BCUT2D eigenvalue weighted by molar-refractivity contribution is -0.168. The van der Waals surface area contributed by atoms with Crippen molar-refractivity contribution in [2.75, 3.05) is 21.3 Å². The van der Waals surface area contributed by atoms with E-state index in [1.54, 1.807) is 6.07 Å². The summed E-state index contributed by atoms with van der Waals surface area (Å²) < 4.78 is 32.2. The lowest BCUT2D eigenvalue weighted by atomic mass is 9.91. The van der Waals surface area contributed by atoms with Gasteiger partial charge >= 0.3 is 17.9 Å². The maximum atomic E-state index is 13.5. The summed E-state index contributed by atoms with van der Waals surface area (Å²) in [5.41, 5.74) is 0.218. The van der Waals surface area contributed by atoms with Crippen LogP contribution >= 0.6 is 15.9 Å². The Bertz CT molecular complexity index is 1170. The number of hydrogen-bond donors (Lipinski definition) is 0. The fraction of sp³-hybridized carbons (Fsp3) is 0.304. The molecule has 2 unspecified atom stereocenters. The zero-order chi connectivity index (χ0) is 25.2. The molecule has 0 saturated heterocycles. The van der Waals surface area contributed by atoms with Gasteiger partial charge in [0.25, 0.3) is 5.79 Å². The van der Waals surface area contributed by atoms with Gasteiger partial charge in [0.2, 0.25) is 0 Å². The number of halogens is 1. The van der Waals surface area contributed by atoms with Crippen molar-refractivity contribution in [2.24, 2.45) is 0 Å². The lowest BCUT2D eigenvalue weighted by Crippen LogP contribution is -2.50. The van der Waals surface area contributed by atoms with Crippen LogP contribution in [0, 0.1) is 0 Å². The highest BCUT2D eigenvalue weighted by Crippen LogP contribution is 2.48. The molecule has 0 N–H and O–H groups in total. The second-order valence-electron chi connectivity index (χ2n) is 7.09. The predicted molar refractivity (Wildman–Crippen MR) is 120 cm³/mol. The molecule has 2 aromatic rings. The van der Waals surface area contributed by atoms with Crippen LogP contribution in [0.4, 0.5) is 0 Å². The minimum atomic E-state index is -1.76. The van der Waals surface area contributed by atoms with Crippen LogP contribution in [-0.2, 0) is 24.8 Å². The van der Waals surface area contributed by atoms with Gasteiger partial charge in [-0.05, 0) is 30.3 Å². The van der Waals surface area contributed by atoms with Gasteiger partial charge < -0.3 is 28.4 Å². The molecule has 2 aromatic carbocycles. The van der Waals surface area contributed by atoms with Crippen LogP contribution in [0.2, 0.25) is 0 Å². The molecule has 3 rings (SSSR count). The molecule has 0 aromatic heterocycles. The van der Waals surface area contributed by atoms with E-state index in [1.807, 2.05) is 0 Å². The third kappa shape index (κ3) is 4.48. The number of ketones is 1. The summed E-state index contributed by atoms with van der Waals surface area (Å²) in [4.78, 5) is 47.8. The third-order valence-electron chi connectivity index (χ3n) is 4.94. The molecule has 1 heterocycles. The van der Waals surface area contributed by atoms with Crippen molar-refractivity contribution in [2.45, 2.75) is 24.5 Å². The Kier molecular flexibility index (Phi) is 7.27. The molecule has 1 aliphatic rings. The quantitative estimate of drug-likeness (QED) is 0.308. The smallest absolute Gasteiger partial charge is 0.338 e. The normalized spacial score (nSPS) is 18.9. The maximum Gasteiger partial charge on any atom is 0.338 e. The molecule has 10 nitrogen and oxygen atoms in total. The number of esters is 3. The fourth-order valence-electron chi connectivity index (χ4n) is 3.49. The highest BCUT2D eigenvalue weighted by atomic mass is 79.9. The van der Waals surface area contributed by atoms with Crippen molar-refractivity contribution in [3.05, 3.63) is 47.0 Å². The first-order valence-corrected chi connectivity index (χ1v) is 10.7. The number of rotatable bonds is 6. The van der Waals surface area contributed by atoms with E-state index in [1.165, 1.54) is 52.5 Å². The number of fused-ring (bicyclic) bond motifs is 1. The number of carbonyl (C=O) groups is 4. The largest absolute Gasteiger partial charge is 0.493 e. The van der Waals surface area contributed by atoms with E-state index in [2.05, 4.69) is 15.9 Å². The first kappa shape index (κ1) is 25.2. The highest BCUT2D eigenvalue weighted by Gasteiger charge is 2.52. The number of alkyl halides is 1. The predicted octanol–water partition coefficient (Wildman–Crippen LogP) is 3.17. The summed E-state index contributed by atoms with van der Waals surface area (Å²) in [6, 6.07) is 7.03. The van der Waals surface area contributed by atoms with Crippen molar-refractivity contribution < 1.29 is 47.6 Å². The van der Waals surface area contributed by atoms with Crippen molar-refractivity contribution in [3.63, 3.8) is 0 Å². The molecule has 1 aliphatic heterocycles. The Morgan fingerprint density at radius 1 is 0.941 bits per heavy atom. The van der Waals surface area contributed by atoms with Crippen LogP contribution in [0.3, 0.4) is 0 Å². The van der Waals surface area contributed by atoms with Gasteiger partial charge in [-0.1, -0.05) is 15.9 Å². The van der Waals surface area contributed by atoms with Crippen LogP contribution in [0.15, 0.2) is 30.3 Å². The van der Waals surface area contributed by atoms with Gasteiger partial charge in [-0.3, -0.25) is 14.4 Å². The second kappa shape index (κ2) is 9.82. The van der Waals surface area contributed by atoms with E-state index in [0.29, 0.717) is 5.56 Å². The van der Waals surface area contributed by atoms with Crippen LogP contribution < -0.4 is 18.9 Å². The minimum absolute atomic E-state index is 0.0151. The summed E-state index contributed by atoms with van der Waals surface area (Å²) in [5.74, 6) is -4.22. The van der Waals surface area contributed by atoms with E-state index in [9.17, 15) is 19.2 Å². The molecule has 11 heteroatoms. The Labute approximate surface area is 203 Å². The van der Waals surface area contributed by atoms with E-state index in [0.717, 1.165) is 6.92 Å². The average molecular weight is 537 g/mol. The van der Waals surface area contributed by atoms with Gasteiger partial charge in [0.1, 0.15) is 21.9 Å². The van der Waals surface area contributed by atoms with E-state index >= 15 is 0 Å². The molecule has 0 saturated carbocycles. The van der Waals surface area contributed by atoms with Gasteiger partial charge in [-0.2, -0.15) is 0 Å². The van der Waals surface area contributed by atoms with Crippen LogP contribution in [-0.4, -0.2) is 49.8 Å². The number of methoxy groups -OCH3 is 3. The van der Waals surface area contributed by atoms with Crippen molar-refractivity contribution >= 4 is 39.6 Å². The standard InChI is InChI=1S/C23H21BrO10/c1-11(25)32-16-10-14(6-7-15(16)29-3)23(31-5)21(24)20(27)19-17(33-12(2)26)8-13(22(28)30-4)9-18(19)34-23/h6-10,21H,1-5H3. The second-order valence-corrected chi connectivity index (χ2v) is 8.01. The zero-order valence-corrected chi connectivity index (χ0v) is 20.5. The molecule has 34 heavy (non-hydrogen) atoms. The fourth-order valence-corrected chi connectivity index (χ4v) is 4.27. The van der Waals surface area contributed by atoms with Crippen molar-refractivity contribution in [1.82, 2.24) is 0 Å². The molecule has 2 atom stereocenters. The Morgan fingerprint density at radius 2 is 1.59 bits per heavy atom. The van der Waals surface area contributed by atoms with Gasteiger partial charge in [0, 0.05) is 26.5 Å². The topological polar surface area (TPSA) is 124 Å². The molecular formula is C23H21BrO10. The number of Topliss-reactive ketones (excluding diaryl/α,β-unsaturated/α-hetero) is 1. The van der Waals surface area contributed by atoms with E-state index in [-0.39, 0.29) is 34.1 Å². The van der Waals surface area contributed by atoms with Crippen molar-refractivity contribution in [1.29, 1.82) is 0 Å². The molecule has 0 amide bonds. The number of hydrogen-bond acceptors (Lipinski definition) is 10. The number of ether oxygens (including phenoxy) is 6. The number of carbonyl (C=O) groups excluding carboxylic acids is 4. The molecule has 180 valence electrons. The van der Waals surface area contributed by atoms with Crippen LogP contribution in [0.5, 0.6) is 23.0 Å². The average Bonchev–Trinajstić information content (AvgIpc) is 2.79. The third-order valence-corrected chi connectivity index (χ3v) is 5.95. The van der Waals surface area contributed by atoms with Gasteiger partial charge in [-0.25, -0.2) is 4.79 Å². The van der Waals surface area contributed by atoms with Gasteiger partial charge in [-0.15, -0.1) is 0 Å². The number of benzene rings is 2. The molecule has 0 spiro atoms. The monoisotopic (exact) mass is 536 g/mol. The first-order valence-electron chi connectivity index (χ1n) is 9.82. The first-order chi connectivity index (χ1) is 16.1. The Hall–Kier alpha value is -3.44. The summed E-state index contributed by atoms with van der Waals surface area (Å²) in [6.07, 6.45) is 0. The van der Waals surface area contributed by atoms with Gasteiger partial charge in [0.15, 0.2) is 17.3 Å². The molecule has 0 aliphatic carbocycles. The molecule has 0 bridgehead atoms. The summed E-state index contributed by atoms with van der Waals surface area (Å²) in [6.45, 7) is 2.39. The van der Waals surface area contributed by atoms with Crippen LogP contribution in [0.1, 0.15) is 40.1 Å². The maximum absolute atomic E-state index is 13.5. The van der Waals surface area contributed by atoms with Crippen LogP contribution in [0.25, 0.3) is 0 Å². The molecular weight excluding hydrogens is 516 g/mol. The highest BCUT2D eigenvalue weighted by molar-refractivity contribution is 9.10. The Morgan fingerprint density at radius 3 is 2.15 bits per heavy atom. The zero-order valence-electron chi connectivity index (χ0n) is 18.9. The minimum Gasteiger partial charge on any atom is -0.493 e.